The van der Waals surface area contributed by atoms with Gasteiger partial charge in [-0.25, -0.2) is 9.37 Å². The molecule has 2 aromatic heterocycles. The van der Waals surface area contributed by atoms with Crippen molar-refractivity contribution in [1.82, 2.24) is 19.4 Å². The number of hydrogen-bond donors (Lipinski definition) is 0. The van der Waals surface area contributed by atoms with E-state index in [1.807, 2.05) is 24.7 Å². The third-order valence-electron chi connectivity index (χ3n) is 5.56. The van der Waals surface area contributed by atoms with Crippen LogP contribution in [0.25, 0.3) is 11.3 Å². The van der Waals surface area contributed by atoms with Crippen LogP contribution < -0.4 is 0 Å². The number of benzene rings is 1. The van der Waals surface area contributed by atoms with Crippen molar-refractivity contribution in [3.8, 4) is 11.3 Å². The molecule has 4 heterocycles. The number of pyridine rings is 1. The zero-order valence-electron chi connectivity index (χ0n) is 15.0. The van der Waals surface area contributed by atoms with Gasteiger partial charge >= 0.3 is 0 Å². The van der Waals surface area contributed by atoms with Gasteiger partial charge < -0.3 is 9.30 Å². The van der Waals surface area contributed by atoms with Crippen molar-refractivity contribution >= 4 is 0 Å². The Morgan fingerprint density at radius 3 is 2.89 bits per heavy atom. The van der Waals surface area contributed by atoms with Crippen LogP contribution in [0.2, 0.25) is 0 Å². The Balaban J connectivity index is 1.37. The Morgan fingerprint density at radius 1 is 1.15 bits per heavy atom. The first-order valence-electron chi connectivity index (χ1n) is 9.26. The van der Waals surface area contributed by atoms with Crippen molar-refractivity contribution in [2.45, 2.75) is 31.7 Å². The number of nitrogens with zero attached hydrogens (tertiary/aromatic N) is 4. The first-order valence-corrected chi connectivity index (χ1v) is 9.26. The lowest BCUT2D eigenvalue weighted by Crippen LogP contribution is -2.44. The zero-order valence-corrected chi connectivity index (χ0v) is 15.0. The van der Waals surface area contributed by atoms with Gasteiger partial charge in [0.25, 0.3) is 0 Å². The van der Waals surface area contributed by atoms with Gasteiger partial charge in [-0.05, 0) is 36.2 Å². The minimum Gasteiger partial charge on any atom is -0.364 e. The van der Waals surface area contributed by atoms with Gasteiger partial charge in [-0.3, -0.25) is 9.88 Å². The predicted molar refractivity (Wildman–Crippen MR) is 99.3 cm³/mol. The van der Waals surface area contributed by atoms with Crippen LogP contribution in [0.1, 0.15) is 17.8 Å². The highest BCUT2D eigenvalue weighted by atomic mass is 19.1. The van der Waals surface area contributed by atoms with Gasteiger partial charge in [0, 0.05) is 37.6 Å². The maximum absolute atomic E-state index is 13.7. The summed E-state index contributed by atoms with van der Waals surface area (Å²) < 4.78 is 22.2. The van der Waals surface area contributed by atoms with Crippen LogP contribution in [0, 0.1) is 5.82 Å². The van der Waals surface area contributed by atoms with E-state index < -0.39 is 0 Å². The number of fused-ring (bicyclic) bond motifs is 1. The van der Waals surface area contributed by atoms with Crippen molar-refractivity contribution in [2.75, 3.05) is 13.1 Å². The summed E-state index contributed by atoms with van der Waals surface area (Å²) in [7, 11) is 0. The van der Waals surface area contributed by atoms with Crippen molar-refractivity contribution in [3.63, 3.8) is 0 Å². The van der Waals surface area contributed by atoms with Gasteiger partial charge in [-0.2, -0.15) is 0 Å². The summed E-state index contributed by atoms with van der Waals surface area (Å²) in [4.78, 5) is 11.0. The molecule has 6 heteroatoms. The molecule has 0 amide bonds. The van der Waals surface area contributed by atoms with Gasteiger partial charge in [0.2, 0.25) is 0 Å². The molecule has 0 saturated carbocycles. The minimum atomic E-state index is -0.228. The summed E-state index contributed by atoms with van der Waals surface area (Å²) in [6.45, 7) is 4.04. The number of rotatable bonds is 3. The lowest BCUT2D eigenvalue weighted by molar-refractivity contribution is -0.0821. The van der Waals surface area contributed by atoms with E-state index in [0.717, 1.165) is 49.7 Å². The van der Waals surface area contributed by atoms with E-state index in [2.05, 4.69) is 31.6 Å². The van der Waals surface area contributed by atoms with Gasteiger partial charge in [0.15, 0.2) is 0 Å². The Morgan fingerprint density at radius 2 is 2.04 bits per heavy atom. The highest BCUT2D eigenvalue weighted by molar-refractivity contribution is 5.59. The average molecular weight is 364 g/mol. The number of imidazole rings is 1. The Kier molecular flexibility index (Phi) is 4.02. The van der Waals surface area contributed by atoms with Crippen molar-refractivity contribution in [3.05, 3.63) is 72.2 Å². The lowest BCUT2D eigenvalue weighted by Gasteiger charge is -2.35. The standard InChI is InChI=1S/C21H21FN4O/c22-18-3-1-2-17(10-18)19-11-24-20-13-27-21(15-26(19)20)6-9-25(14-21)12-16-4-7-23-8-5-16/h1-5,7-8,10-11H,6,9,12-15H2. The summed E-state index contributed by atoms with van der Waals surface area (Å²) in [5.74, 6) is 0.682. The number of hydrogen-bond acceptors (Lipinski definition) is 4. The molecule has 1 spiro atoms. The molecule has 27 heavy (non-hydrogen) atoms. The fraction of sp³-hybridized carbons (Fsp3) is 0.333. The molecule has 1 unspecified atom stereocenters. The van der Waals surface area contributed by atoms with E-state index in [1.54, 1.807) is 12.1 Å². The number of halogens is 1. The molecule has 1 atom stereocenters. The highest BCUT2D eigenvalue weighted by Gasteiger charge is 2.43. The molecule has 5 rings (SSSR count). The van der Waals surface area contributed by atoms with Crippen LogP contribution in [0.15, 0.2) is 55.0 Å². The minimum absolute atomic E-state index is 0.206. The maximum atomic E-state index is 13.7. The van der Waals surface area contributed by atoms with Crippen molar-refractivity contribution in [1.29, 1.82) is 0 Å². The molecule has 1 fully saturated rings. The number of likely N-dealkylation sites (tertiary alicyclic amines) is 1. The quantitative estimate of drug-likeness (QED) is 0.716. The molecule has 2 aliphatic rings. The largest absolute Gasteiger partial charge is 0.364 e. The highest BCUT2D eigenvalue weighted by Crippen LogP contribution is 2.35. The van der Waals surface area contributed by atoms with Gasteiger partial charge in [0.1, 0.15) is 23.8 Å². The summed E-state index contributed by atoms with van der Waals surface area (Å²) in [5, 5.41) is 0. The Bertz CT molecular complexity index is 958. The van der Waals surface area contributed by atoms with E-state index in [9.17, 15) is 4.39 Å². The average Bonchev–Trinajstić information content (AvgIpc) is 3.27. The molecule has 5 nitrogen and oxygen atoms in total. The molecule has 0 bridgehead atoms. The van der Waals surface area contributed by atoms with Crippen LogP contribution in [0.5, 0.6) is 0 Å². The molecule has 2 aliphatic heterocycles. The molecule has 0 N–H and O–H groups in total. The maximum Gasteiger partial charge on any atom is 0.135 e. The second-order valence-electron chi connectivity index (χ2n) is 7.44. The van der Waals surface area contributed by atoms with E-state index in [0.29, 0.717) is 6.61 Å². The van der Waals surface area contributed by atoms with Gasteiger partial charge in [-0.1, -0.05) is 12.1 Å². The molecule has 0 radical (unpaired) electrons. The normalized spacial score (nSPS) is 22.3. The predicted octanol–water partition coefficient (Wildman–Crippen LogP) is 3.26. The van der Waals surface area contributed by atoms with Crippen LogP contribution in [0.4, 0.5) is 4.39 Å². The second kappa shape index (κ2) is 6.55. The van der Waals surface area contributed by atoms with Crippen LogP contribution in [-0.4, -0.2) is 38.1 Å². The monoisotopic (exact) mass is 364 g/mol. The van der Waals surface area contributed by atoms with E-state index in [4.69, 9.17) is 4.74 Å². The van der Waals surface area contributed by atoms with Crippen LogP contribution in [-0.2, 0) is 24.4 Å². The van der Waals surface area contributed by atoms with Crippen LogP contribution in [0.3, 0.4) is 0 Å². The SMILES string of the molecule is Fc1cccc(-c2cnc3n2CC2(CCN(Cc4ccncc4)C2)OC3)c1. The smallest absolute Gasteiger partial charge is 0.135 e. The number of ether oxygens (including phenoxy) is 1. The third kappa shape index (κ3) is 3.15. The molecular weight excluding hydrogens is 343 g/mol. The molecule has 1 saturated heterocycles. The van der Waals surface area contributed by atoms with Crippen LogP contribution >= 0.6 is 0 Å². The summed E-state index contributed by atoms with van der Waals surface area (Å²) in [6, 6.07) is 10.8. The Labute approximate surface area is 157 Å². The molecule has 138 valence electrons. The van der Waals surface area contributed by atoms with Gasteiger partial charge in [-0.15, -0.1) is 0 Å². The lowest BCUT2D eigenvalue weighted by atomic mass is 10.0. The fourth-order valence-electron chi connectivity index (χ4n) is 4.19. The Hall–Kier alpha value is -2.57. The first kappa shape index (κ1) is 16.6. The summed E-state index contributed by atoms with van der Waals surface area (Å²) in [6.07, 6.45) is 6.48. The molecule has 1 aromatic carbocycles. The van der Waals surface area contributed by atoms with Crippen molar-refractivity contribution in [2.24, 2.45) is 0 Å². The van der Waals surface area contributed by atoms with Gasteiger partial charge in [0.05, 0.1) is 18.4 Å². The summed E-state index contributed by atoms with van der Waals surface area (Å²) in [5.41, 5.74) is 2.88. The first-order chi connectivity index (χ1) is 13.2. The molecule has 3 aromatic rings. The third-order valence-corrected chi connectivity index (χ3v) is 5.56. The number of aromatic nitrogens is 3. The second-order valence-corrected chi connectivity index (χ2v) is 7.44. The zero-order chi connectivity index (χ0) is 18.3. The van der Waals surface area contributed by atoms with E-state index in [1.165, 1.54) is 11.6 Å². The van der Waals surface area contributed by atoms with Crippen molar-refractivity contribution < 1.29 is 9.13 Å². The molecule has 0 aliphatic carbocycles. The fourth-order valence-corrected chi connectivity index (χ4v) is 4.19. The van der Waals surface area contributed by atoms with E-state index in [-0.39, 0.29) is 11.4 Å². The summed E-state index contributed by atoms with van der Waals surface area (Å²) >= 11 is 0. The van der Waals surface area contributed by atoms with E-state index >= 15 is 0 Å². The molecular formula is C21H21FN4O. The topological polar surface area (TPSA) is 43.2 Å².